The number of allylic oxidation sites excluding steroid dienone is 1. The van der Waals surface area contributed by atoms with Crippen molar-refractivity contribution in [2.75, 3.05) is 37.6 Å². The van der Waals surface area contributed by atoms with E-state index in [0.717, 1.165) is 51.4 Å². The fourth-order valence-electron chi connectivity index (χ4n) is 6.14. The van der Waals surface area contributed by atoms with E-state index in [2.05, 4.69) is 39.7 Å². The van der Waals surface area contributed by atoms with Crippen molar-refractivity contribution in [3.05, 3.63) is 30.1 Å². The monoisotopic (exact) mass is 412 g/mol. The van der Waals surface area contributed by atoms with Crippen LogP contribution in [0, 0.1) is 23.2 Å². The molecule has 5 rings (SSSR count). The second-order valence-corrected chi connectivity index (χ2v) is 9.64. The molecule has 3 heterocycles. The van der Waals surface area contributed by atoms with E-state index in [-0.39, 0.29) is 29.3 Å². The first-order valence-corrected chi connectivity index (χ1v) is 11.3. The number of carbonyl (C=O) groups is 1. The van der Waals surface area contributed by atoms with Gasteiger partial charge in [-0.3, -0.25) is 9.69 Å². The Labute approximate surface area is 178 Å². The molecule has 0 radical (unpaired) electrons. The van der Waals surface area contributed by atoms with Crippen molar-refractivity contribution < 1.29 is 14.6 Å². The largest absolute Gasteiger partial charge is 0.461 e. The SMILES string of the molecule is C[C@@H]1CCC=C2C[C@H]3OC(=O)C(CN4CCN(c5ncccn5)CC4)[C@H]3[C@H](O)[C@@]21C. The number of anilines is 1. The van der Waals surface area contributed by atoms with Gasteiger partial charge in [0.05, 0.1) is 12.0 Å². The highest BCUT2D eigenvalue weighted by atomic mass is 16.6. The Morgan fingerprint density at radius 2 is 1.97 bits per heavy atom. The van der Waals surface area contributed by atoms with Crippen LogP contribution in [0.3, 0.4) is 0 Å². The highest BCUT2D eigenvalue weighted by Gasteiger charge is 2.59. The molecule has 7 nitrogen and oxygen atoms in total. The first-order valence-electron chi connectivity index (χ1n) is 11.3. The van der Waals surface area contributed by atoms with E-state index in [1.165, 1.54) is 5.57 Å². The molecule has 6 atom stereocenters. The average Bonchev–Trinajstić information content (AvgIpc) is 3.07. The normalized spacial score (nSPS) is 39.2. The number of aliphatic hydroxyl groups is 1. The lowest BCUT2D eigenvalue weighted by atomic mass is 9.55. The lowest BCUT2D eigenvalue weighted by molar-refractivity contribution is -0.145. The third kappa shape index (κ3) is 3.14. The summed E-state index contributed by atoms with van der Waals surface area (Å²) in [5.74, 6) is 0.680. The molecule has 1 aromatic rings. The maximum absolute atomic E-state index is 12.8. The van der Waals surface area contributed by atoms with Crippen molar-refractivity contribution >= 4 is 11.9 Å². The highest BCUT2D eigenvalue weighted by Crippen LogP contribution is 2.56. The fourth-order valence-corrected chi connectivity index (χ4v) is 6.14. The second kappa shape index (κ2) is 7.61. The number of fused-ring (bicyclic) bond motifs is 2. The van der Waals surface area contributed by atoms with Crippen LogP contribution >= 0.6 is 0 Å². The van der Waals surface area contributed by atoms with E-state index in [1.807, 2.05) is 6.07 Å². The van der Waals surface area contributed by atoms with Gasteiger partial charge in [0, 0.05) is 62.9 Å². The molecule has 1 N–H and O–H groups in total. The zero-order valence-electron chi connectivity index (χ0n) is 17.9. The average molecular weight is 413 g/mol. The second-order valence-electron chi connectivity index (χ2n) is 9.64. The van der Waals surface area contributed by atoms with Gasteiger partial charge in [-0.25, -0.2) is 9.97 Å². The number of ether oxygens (including phenoxy) is 1. The summed E-state index contributed by atoms with van der Waals surface area (Å²) in [7, 11) is 0. The van der Waals surface area contributed by atoms with Gasteiger partial charge in [-0.2, -0.15) is 0 Å². The standard InChI is InChI=1S/C23H32N4O3/c1-15-5-3-6-16-13-18-19(20(28)23(15,16)2)17(21(29)30-18)14-26-9-11-27(12-10-26)22-24-7-4-8-25-22/h4,6-8,15,17-20,28H,3,5,9-14H2,1-2H3/t15-,17?,18-,19-,20+,23-/m1/s1. The van der Waals surface area contributed by atoms with Crippen molar-refractivity contribution in [1.82, 2.24) is 14.9 Å². The van der Waals surface area contributed by atoms with Crippen molar-refractivity contribution in [3.63, 3.8) is 0 Å². The van der Waals surface area contributed by atoms with Gasteiger partial charge >= 0.3 is 5.97 Å². The first kappa shape index (κ1) is 19.9. The molecule has 2 saturated heterocycles. The maximum atomic E-state index is 12.8. The van der Waals surface area contributed by atoms with Gasteiger partial charge in [-0.05, 0) is 24.8 Å². The lowest BCUT2D eigenvalue weighted by Gasteiger charge is -2.52. The van der Waals surface area contributed by atoms with Crippen molar-refractivity contribution in [3.8, 4) is 0 Å². The number of aromatic nitrogens is 2. The van der Waals surface area contributed by atoms with Gasteiger partial charge in [0.2, 0.25) is 5.95 Å². The Morgan fingerprint density at radius 3 is 2.70 bits per heavy atom. The molecule has 1 aromatic heterocycles. The Bertz CT molecular complexity index is 823. The number of nitrogens with zero attached hydrogens (tertiary/aromatic N) is 4. The Balaban J connectivity index is 1.28. The number of esters is 1. The van der Waals surface area contributed by atoms with Crippen LogP contribution in [-0.4, -0.2) is 70.9 Å². The van der Waals surface area contributed by atoms with Crippen LogP contribution in [0.15, 0.2) is 30.1 Å². The van der Waals surface area contributed by atoms with Gasteiger partial charge in [-0.1, -0.05) is 25.5 Å². The van der Waals surface area contributed by atoms with Crippen LogP contribution < -0.4 is 4.90 Å². The number of rotatable bonds is 3. The van der Waals surface area contributed by atoms with Crippen LogP contribution in [0.25, 0.3) is 0 Å². The number of piperazine rings is 1. The van der Waals surface area contributed by atoms with E-state index >= 15 is 0 Å². The molecule has 0 amide bonds. The van der Waals surface area contributed by atoms with Gasteiger partial charge in [0.1, 0.15) is 6.10 Å². The molecule has 2 aliphatic heterocycles. The minimum atomic E-state index is -0.534. The summed E-state index contributed by atoms with van der Waals surface area (Å²) >= 11 is 0. The summed E-state index contributed by atoms with van der Waals surface area (Å²) in [4.78, 5) is 26.0. The molecule has 3 fully saturated rings. The summed E-state index contributed by atoms with van der Waals surface area (Å²) in [6.45, 7) is 8.48. The van der Waals surface area contributed by atoms with E-state index in [0.29, 0.717) is 12.5 Å². The molecule has 0 spiro atoms. The lowest BCUT2D eigenvalue weighted by Crippen LogP contribution is -2.55. The topological polar surface area (TPSA) is 78.8 Å². The van der Waals surface area contributed by atoms with Crippen molar-refractivity contribution in [2.45, 2.75) is 45.3 Å². The minimum Gasteiger partial charge on any atom is -0.461 e. The quantitative estimate of drug-likeness (QED) is 0.600. The molecule has 0 aromatic carbocycles. The van der Waals surface area contributed by atoms with E-state index < -0.39 is 6.10 Å². The van der Waals surface area contributed by atoms with Gasteiger partial charge in [-0.15, -0.1) is 0 Å². The Kier molecular flexibility index (Phi) is 5.06. The van der Waals surface area contributed by atoms with Gasteiger partial charge in [0.25, 0.3) is 0 Å². The molecule has 0 bridgehead atoms. The predicted molar refractivity (Wildman–Crippen MR) is 113 cm³/mol. The molecule has 162 valence electrons. The summed E-state index contributed by atoms with van der Waals surface area (Å²) < 4.78 is 5.81. The summed E-state index contributed by atoms with van der Waals surface area (Å²) in [6.07, 6.45) is 8.04. The van der Waals surface area contributed by atoms with Crippen molar-refractivity contribution in [1.29, 1.82) is 0 Å². The third-order valence-corrected chi connectivity index (χ3v) is 8.23. The van der Waals surface area contributed by atoms with E-state index in [4.69, 9.17) is 4.74 Å². The molecular weight excluding hydrogens is 380 g/mol. The number of hydrogen-bond acceptors (Lipinski definition) is 7. The van der Waals surface area contributed by atoms with Crippen molar-refractivity contribution in [2.24, 2.45) is 23.2 Å². The van der Waals surface area contributed by atoms with Crippen LogP contribution in [0.4, 0.5) is 5.95 Å². The Hall–Kier alpha value is -1.99. The van der Waals surface area contributed by atoms with Crippen LogP contribution in [-0.2, 0) is 9.53 Å². The maximum Gasteiger partial charge on any atom is 0.311 e. The van der Waals surface area contributed by atoms with Crippen LogP contribution in [0.1, 0.15) is 33.1 Å². The predicted octanol–water partition coefficient (Wildman–Crippen LogP) is 1.88. The molecule has 2 aliphatic carbocycles. The smallest absolute Gasteiger partial charge is 0.311 e. The number of carbonyl (C=O) groups excluding carboxylic acids is 1. The van der Waals surface area contributed by atoms with Crippen LogP contribution in [0.2, 0.25) is 0 Å². The van der Waals surface area contributed by atoms with Gasteiger partial charge in [0.15, 0.2) is 0 Å². The summed E-state index contributed by atoms with van der Waals surface area (Å²) in [6, 6.07) is 1.83. The third-order valence-electron chi connectivity index (χ3n) is 8.23. The fraction of sp³-hybridized carbons (Fsp3) is 0.696. The highest BCUT2D eigenvalue weighted by molar-refractivity contribution is 5.76. The molecule has 1 saturated carbocycles. The van der Waals surface area contributed by atoms with E-state index in [1.54, 1.807) is 12.4 Å². The molecule has 30 heavy (non-hydrogen) atoms. The molecule has 4 aliphatic rings. The molecule has 7 heteroatoms. The Morgan fingerprint density at radius 1 is 1.23 bits per heavy atom. The summed E-state index contributed by atoms with van der Waals surface area (Å²) in [5.41, 5.74) is 1.05. The first-order chi connectivity index (χ1) is 14.5. The van der Waals surface area contributed by atoms with Crippen LogP contribution in [0.5, 0.6) is 0 Å². The zero-order valence-corrected chi connectivity index (χ0v) is 17.9. The minimum absolute atomic E-state index is 0.115. The van der Waals surface area contributed by atoms with E-state index in [9.17, 15) is 9.90 Å². The molecular formula is C23H32N4O3. The zero-order chi connectivity index (χ0) is 20.9. The summed E-state index contributed by atoms with van der Waals surface area (Å²) in [5, 5.41) is 11.5. The molecule has 1 unspecified atom stereocenters. The number of aliphatic hydroxyl groups excluding tert-OH is 1. The number of hydrogen-bond donors (Lipinski definition) is 1. The van der Waals surface area contributed by atoms with Gasteiger partial charge < -0.3 is 14.7 Å².